The van der Waals surface area contributed by atoms with E-state index in [4.69, 9.17) is 11.6 Å². The molecule has 2 unspecified atom stereocenters. The van der Waals surface area contributed by atoms with E-state index < -0.39 is 0 Å². The Kier molecular flexibility index (Phi) is 6.22. The number of aryl methyl sites for hydroxylation is 1. The fourth-order valence-corrected chi connectivity index (χ4v) is 3.77. The summed E-state index contributed by atoms with van der Waals surface area (Å²) >= 11 is 6.26. The average molecular weight is 383 g/mol. The number of hydrogen-bond acceptors (Lipinski definition) is 1. The summed E-state index contributed by atoms with van der Waals surface area (Å²) in [5.41, 5.74) is 3.44. The molecular weight excluding hydrogens is 356 g/mol. The summed E-state index contributed by atoms with van der Waals surface area (Å²) in [5.74, 6) is 0.0353. The Hall–Kier alpha value is -2.26. The van der Waals surface area contributed by atoms with Crippen LogP contribution in [0, 0.1) is 0 Å². The smallest absolute Gasteiger partial charge is 0.221 e. The third-order valence-corrected chi connectivity index (χ3v) is 5.43. The van der Waals surface area contributed by atoms with Crippen molar-refractivity contribution < 1.29 is 4.79 Å². The highest BCUT2D eigenvalue weighted by atomic mass is 35.5. The first-order valence-corrected chi connectivity index (χ1v) is 10.0. The van der Waals surface area contributed by atoms with Crippen molar-refractivity contribution in [3.05, 3.63) is 70.9 Å². The highest BCUT2D eigenvalue weighted by molar-refractivity contribution is 6.30. The van der Waals surface area contributed by atoms with Crippen molar-refractivity contribution in [3.8, 4) is 0 Å². The second kappa shape index (κ2) is 8.62. The van der Waals surface area contributed by atoms with E-state index in [-0.39, 0.29) is 17.9 Å². The Balaban J connectivity index is 2.06. The highest BCUT2D eigenvalue weighted by Crippen LogP contribution is 2.35. The van der Waals surface area contributed by atoms with Gasteiger partial charge in [0.1, 0.15) is 0 Å². The summed E-state index contributed by atoms with van der Waals surface area (Å²) in [7, 11) is 0. The second-order valence-electron chi connectivity index (χ2n) is 7.08. The molecule has 0 fully saturated rings. The first-order valence-electron chi connectivity index (χ1n) is 9.66. The summed E-state index contributed by atoms with van der Waals surface area (Å²) in [6, 6.07) is 16.4. The molecule has 0 aliphatic heterocycles. The van der Waals surface area contributed by atoms with Crippen molar-refractivity contribution in [1.29, 1.82) is 0 Å². The monoisotopic (exact) mass is 382 g/mol. The van der Waals surface area contributed by atoms with Crippen LogP contribution in [0.15, 0.2) is 54.7 Å². The molecular formula is C23H27ClN2O. The summed E-state index contributed by atoms with van der Waals surface area (Å²) < 4.78 is 2.24. The zero-order chi connectivity index (χ0) is 19.4. The summed E-state index contributed by atoms with van der Waals surface area (Å²) in [5, 5.41) is 4.99. The van der Waals surface area contributed by atoms with Crippen molar-refractivity contribution in [3.63, 3.8) is 0 Å². The van der Waals surface area contributed by atoms with Crippen molar-refractivity contribution in [2.45, 2.75) is 52.1 Å². The van der Waals surface area contributed by atoms with Gasteiger partial charge in [-0.2, -0.15) is 0 Å². The lowest BCUT2D eigenvalue weighted by atomic mass is 9.88. The molecule has 0 aliphatic carbocycles. The lowest BCUT2D eigenvalue weighted by molar-refractivity contribution is -0.121. The highest BCUT2D eigenvalue weighted by Gasteiger charge is 2.23. The van der Waals surface area contributed by atoms with Gasteiger partial charge in [0.2, 0.25) is 5.91 Å². The molecule has 0 saturated heterocycles. The van der Waals surface area contributed by atoms with Crippen molar-refractivity contribution in [1.82, 2.24) is 9.88 Å². The van der Waals surface area contributed by atoms with Crippen LogP contribution in [0.4, 0.5) is 0 Å². The van der Waals surface area contributed by atoms with Crippen LogP contribution in [0.2, 0.25) is 5.02 Å². The summed E-state index contributed by atoms with van der Waals surface area (Å²) in [4.78, 5) is 12.7. The number of halogens is 1. The SMILES string of the molecule is CCC(C)NC(=O)CC(c1cccc(Cl)c1)c1cn(CC)c2ccccc12. The zero-order valence-electron chi connectivity index (χ0n) is 16.2. The van der Waals surface area contributed by atoms with Crippen LogP contribution in [0.5, 0.6) is 0 Å². The first-order chi connectivity index (χ1) is 13.0. The number of nitrogens with zero attached hydrogens (tertiary/aromatic N) is 1. The van der Waals surface area contributed by atoms with Gasteiger partial charge in [-0.15, -0.1) is 0 Å². The van der Waals surface area contributed by atoms with Crippen molar-refractivity contribution >= 4 is 28.4 Å². The number of rotatable bonds is 7. The van der Waals surface area contributed by atoms with Crippen LogP contribution in [0.3, 0.4) is 0 Å². The molecule has 3 aromatic rings. The Bertz CT molecular complexity index is 931. The predicted octanol–water partition coefficient (Wildman–Crippen LogP) is 5.75. The molecule has 1 N–H and O–H groups in total. The molecule has 2 atom stereocenters. The molecule has 2 aromatic carbocycles. The second-order valence-corrected chi connectivity index (χ2v) is 7.51. The standard InChI is InChI=1S/C23H27ClN2O/c1-4-16(3)25-23(27)14-20(17-9-8-10-18(24)13-17)21-15-26(5-2)22-12-7-6-11-19(21)22/h6-13,15-16,20H,4-5,14H2,1-3H3,(H,25,27). The normalized spacial score (nSPS) is 13.5. The maximum atomic E-state index is 12.7. The fraction of sp³-hybridized carbons (Fsp3) is 0.348. The number of para-hydroxylation sites is 1. The van der Waals surface area contributed by atoms with Crippen LogP contribution >= 0.6 is 11.6 Å². The minimum absolute atomic E-state index is 0.0366. The number of aromatic nitrogens is 1. The lowest BCUT2D eigenvalue weighted by Gasteiger charge is -2.19. The number of benzene rings is 2. The Morgan fingerprint density at radius 2 is 1.93 bits per heavy atom. The molecule has 0 spiro atoms. The lowest BCUT2D eigenvalue weighted by Crippen LogP contribution is -2.33. The van der Waals surface area contributed by atoms with Gasteiger partial charge in [-0.05, 0) is 49.6 Å². The maximum Gasteiger partial charge on any atom is 0.221 e. The van der Waals surface area contributed by atoms with Crippen molar-refractivity contribution in [2.24, 2.45) is 0 Å². The minimum Gasteiger partial charge on any atom is -0.354 e. The fourth-order valence-electron chi connectivity index (χ4n) is 3.57. The van der Waals surface area contributed by atoms with Gasteiger partial charge in [0, 0.05) is 47.0 Å². The van der Waals surface area contributed by atoms with E-state index in [1.165, 1.54) is 16.5 Å². The molecule has 27 heavy (non-hydrogen) atoms. The van der Waals surface area contributed by atoms with E-state index in [0.717, 1.165) is 18.5 Å². The van der Waals surface area contributed by atoms with E-state index >= 15 is 0 Å². The number of fused-ring (bicyclic) bond motifs is 1. The predicted molar refractivity (Wildman–Crippen MR) is 113 cm³/mol. The molecule has 4 heteroatoms. The molecule has 142 valence electrons. The number of hydrogen-bond donors (Lipinski definition) is 1. The van der Waals surface area contributed by atoms with E-state index in [0.29, 0.717) is 11.4 Å². The van der Waals surface area contributed by atoms with E-state index in [2.05, 4.69) is 60.3 Å². The molecule has 0 radical (unpaired) electrons. The van der Waals surface area contributed by atoms with Crippen LogP contribution < -0.4 is 5.32 Å². The first kappa shape index (κ1) is 19.5. The van der Waals surface area contributed by atoms with Gasteiger partial charge in [-0.1, -0.05) is 48.9 Å². The van der Waals surface area contributed by atoms with Gasteiger partial charge in [0.25, 0.3) is 0 Å². The topological polar surface area (TPSA) is 34.0 Å². The molecule has 1 heterocycles. The van der Waals surface area contributed by atoms with Crippen LogP contribution in [-0.2, 0) is 11.3 Å². The van der Waals surface area contributed by atoms with Crippen LogP contribution in [-0.4, -0.2) is 16.5 Å². The van der Waals surface area contributed by atoms with E-state index in [1.54, 1.807) is 0 Å². The Labute approximate surface area is 166 Å². The Morgan fingerprint density at radius 3 is 2.63 bits per heavy atom. The number of nitrogens with one attached hydrogen (secondary N) is 1. The molecule has 1 aromatic heterocycles. The molecule has 0 saturated carbocycles. The largest absolute Gasteiger partial charge is 0.354 e. The van der Waals surface area contributed by atoms with Gasteiger partial charge in [0.05, 0.1) is 0 Å². The molecule has 3 rings (SSSR count). The molecule has 0 aliphatic rings. The van der Waals surface area contributed by atoms with Gasteiger partial charge in [0.15, 0.2) is 0 Å². The van der Waals surface area contributed by atoms with Gasteiger partial charge < -0.3 is 9.88 Å². The van der Waals surface area contributed by atoms with E-state index in [1.807, 2.05) is 25.1 Å². The van der Waals surface area contributed by atoms with Crippen molar-refractivity contribution in [2.75, 3.05) is 0 Å². The molecule has 1 amide bonds. The van der Waals surface area contributed by atoms with Gasteiger partial charge in [-0.25, -0.2) is 0 Å². The minimum atomic E-state index is -0.0366. The van der Waals surface area contributed by atoms with Crippen LogP contribution in [0.1, 0.15) is 50.7 Å². The number of carbonyl (C=O) groups excluding carboxylic acids is 1. The Morgan fingerprint density at radius 1 is 1.15 bits per heavy atom. The van der Waals surface area contributed by atoms with Gasteiger partial charge in [-0.3, -0.25) is 4.79 Å². The zero-order valence-corrected chi connectivity index (χ0v) is 17.0. The maximum absolute atomic E-state index is 12.7. The molecule has 0 bridgehead atoms. The molecule has 3 nitrogen and oxygen atoms in total. The third kappa shape index (κ3) is 4.36. The number of carbonyl (C=O) groups is 1. The third-order valence-electron chi connectivity index (χ3n) is 5.20. The number of amides is 1. The summed E-state index contributed by atoms with van der Waals surface area (Å²) in [6.45, 7) is 7.14. The summed E-state index contributed by atoms with van der Waals surface area (Å²) in [6.07, 6.45) is 3.51. The quantitative estimate of drug-likeness (QED) is 0.554. The van der Waals surface area contributed by atoms with Crippen LogP contribution in [0.25, 0.3) is 10.9 Å². The average Bonchev–Trinajstić information content (AvgIpc) is 3.04. The van der Waals surface area contributed by atoms with E-state index in [9.17, 15) is 4.79 Å². The van der Waals surface area contributed by atoms with Gasteiger partial charge >= 0.3 is 0 Å².